The Morgan fingerprint density at radius 2 is 1.55 bits per heavy atom. The summed E-state index contributed by atoms with van der Waals surface area (Å²) in [6.45, 7) is 0.300. The predicted octanol–water partition coefficient (Wildman–Crippen LogP) is 3.65. The van der Waals surface area contributed by atoms with Crippen molar-refractivity contribution in [1.29, 1.82) is 0 Å². The second-order valence-corrected chi connectivity index (χ2v) is 6.60. The van der Waals surface area contributed by atoms with E-state index in [-0.39, 0.29) is 18.4 Å². The van der Waals surface area contributed by atoms with Crippen LogP contribution in [-0.2, 0) is 11.4 Å². The molecule has 0 aliphatic rings. The first kappa shape index (κ1) is 21.7. The van der Waals surface area contributed by atoms with E-state index in [1.807, 2.05) is 30.3 Å². The summed E-state index contributed by atoms with van der Waals surface area (Å²) >= 11 is 0. The van der Waals surface area contributed by atoms with Crippen LogP contribution in [0, 0.1) is 0 Å². The van der Waals surface area contributed by atoms with Crippen molar-refractivity contribution >= 4 is 17.5 Å². The molecule has 3 aromatic rings. The summed E-state index contributed by atoms with van der Waals surface area (Å²) in [5.41, 5.74) is 2.05. The van der Waals surface area contributed by atoms with Crippen LogP contribution in [0.2, 0.25) is 0 Å². The summed E-state index contributed by atoms with van der Waals surface area (Å²) in [5, 5.41) is 5.32. The maximum Gasteiger partial charge on any atom is 0.251 e. The van der Waals surface area contributed by atoms with Gasteiger partial charge in [0.2, 0.25) is 5.91 Å². The van der Waals surface area contributed by atoms with Crippen LogP contribution in [0.25, 0.3) is 0 Å². The lowest BCUT2D eigenvalue weighted by molar-refractivity contribution is -0.115. The predicted molar refractivity (Wildman–Crippen MR) is 118 cm³/mol. The van der Waals surface area contributed by atoms with Crippen molar-refractivity contribution in [3.8, 4) is 17.2 Å². The Kier molecular flexibility index (Phi) is 7.48. The van der Waals surface area contributed by atoms with Crippen molar-refractivity contribution in [2.45, 2.75) is 6.61 Å². The largest absolute Gasteiger partial charge is 0.493 e. The molecule has 7 nitrogen and oxygen atoms in total. The molecule has 7 heteroatoms. The molecule has 0 atom stereocenters. The fourth-order valence-electron chi connectivity index (χ4n) is 2.82. The standard InChI is InChI=1S/C24H24N2O5/c1-29-21-13-8-18(14-22(21)30-2)24(28)25-15-23(27)26-19-9-11-20(12-10-19)31-16-17-6-4-3-5-7-17/h3-14H,15-16H2,1-2H3,(H,25,28)(H,26,27). The van der Waals surface area contributed by atoms with Crippen molar-refractivity contribution in [1.82, 2.24) is 5.32 Å². The van der Waals surface area contributed by atoms with Gasteiger partial charge in [0.25, 0.3) is 5.91 Å². The lowest BCUT2D eigenvalue weighted by Gasteiger charge is -2.11. The highest BCUT2D eigenvalue weighted by atomic mass is 16.5. The summed E-state index contributed by atoms with van der Waals surface area (Å²) in [5.74, 6) is 0.929. The van der Waals surface area contributed by atoms with Crippen LogP contribution in [0.5, 0.6) is 17.2 Å². The molecule has 0 spiro atoms. The minimum absolute atomic E-state index is 0.167. The number of carbonyl (C=O) groups excluding carboxylic acids is 2. The molecule has 31 heavy (non-hydrogen) atoms. The lowest BCUT2D eigenvalue weighted by atomic mass is 10.2. The highest BCUT2D eigenvalue weighted by molar-refractivity contribution is 5.99. The molecule has 3 aromatic carbocycles. The molecule has 0 aliphatic carbocycles. The highest BCUT2D eigenvalue weighted by Crippen LogP contribution is 2.27. The first-order valence-electron chi connectivity index (χ1n) is 9.66. The summed E-state index contributed by atoms with van der Waals surface area (Å²) in [7, 11) is 3.01. The van der Waals surface area contributed by atoms with Crippen LogP contribution in [0.15, 0.2) is 72.8 Å². The van der Waals surface area contributed by atoms with Crippen LogP contribution in [0.3, 0.4) is 0 Å². The summed E-state index contributed by atoms with van der Waals surface area (Å²) in [4.78, 5) is 24.5. The van der Waals surface area contributed by atoms with Crippen LogP contribution >= 0.6 is 0 Å². The molecule has 2 amide bonds. The Labute approximate surface area is 180 Å². The molecule has 3 rings (SSSR count). The molecule has 2 N–H and O–H groups in total. The van der Waals surface area contributed by atoms with Crippen LogP contribution in [0.1, 0.15) is 15.9 Å². The van der Waals surface area contributed by atoms with Gasteiger partial charge in [-0.3, -0.25) is 9.59 Å². The van der Waals surface area contributed by atoms with Crippen molar-refractivity contribution in [3.05, 3.63) is 83.9 Å². The normalized spacial score (nSPS) is 10.1. The third kappa shape index (κ3) is 6.24. The Morgan fingerprint density at radius 1 is 0.839 bits per heavy atom. The molecule has 0 aromatic heterocycles. The number of rotatable bonds is 9. The van der Waals surface area contributed by atoms with E-state index in [0.717, 1.165) is 5.56 Å². The summed E-state index contributed by atoms with van der Waals surface area (Å²) in [6.07, 6.45) is 0. The second-order valence-electron chi connectivity index (χ2n) is 6.60. The Balaban J connectivity index is 1.47. The average Bonchev–Trinajstić information content (AvgIpc) is 2.82. The lowest BCUT2D eigenvalue weighted by Crippen LogP contribution is -2.32. The Hall–Kier alpha value is -4.00. The smallest absolute Gasteiger partial charge is 0.251 e. The van der Waals surface area contributed by atoms with E-state index >= 15 is 0 Å². The van der Waals surface area contributed by atoms with Gasteiger partial charge in [0.15, 0.2) is 11.5 Å². The van der Waals surface area contributed by atoms with E-state index in [9.17, 15) is 9.59 Å². The van der Waals surface area contributed by atoms with Crippen LogP contribution in [0.4, 0.5) is 5.69 Å². The molecular weight excluding hydrogens is 396 g/mol. The molecule has 0 radical (unpaired) electrons. The SMILES string of the molecule is COc1ccc(C(=O)NCC(=O)Nc2ccc(OCc3ccccc3)cc2)cc1OC. The van der Waals surface area contributed by atoms with Gasteiger partial charge < -0.3 is 24.8 Å². The van der Waals surface area contributed by atoms with Crippen molar-refractivity contribution in [2.75, 3.05) is 26.1 Å². The topological polar surface area (TPSA) is 85.9 Å². The van der Waals surface area contributed by atoms with Gasteiger partial charge in [0.05, 0.1) is 20.8 Å². The van der Waals surface area contributed by atoms with Crippen LogP contribution in [-0.4, -0.2) is 32.6 Å². The van der Waals surface area contributed by atoms with Gasteiger partial charge in [-0.15, -0.1) is 0 Å². The van der Waals surface area contributed by atoms with E-state index in [1.54, 1.807) is 42.5 Å². The molecule has 0 heterocycles. The average molecular weight is 420 g/mol. The zero-order chi connectivity index (χ0) is 22.1. The molecule has 0 bridgehead atoms. The summed E-state index contributed by atoms with van der Waals surface area (Å²) in [6, 6.07) is 21.7. The fraction of sp³-hybridized carbons (Fsp3) is 0.167. The van der Waals surface area contributed by atoms with E-state index in [2.05, 4.69) is 10.6 Å². The number of hydrogen-bond acceptors (Lipinski definition) is 5. The van der Waals surface area contributed by atoms with Crippen molar-refractivity contribution < 1.29 is 23.8 Å². The van der Waals surface area contributed by atoms with Crippen molar-refractivity contribution in [3.63, 3.8) is 0 Å². The quantitative estimate of drug-likeness (QED) is 0.552. The molecule has 0 fully saturated rings. The highest BCUT2D eigenvalue weighted by Gasteiger charge is 2.12. The van der Waals surface area contributed by atoms with Gasteiger partial charge in [0.1, 0.15) is 12.4 Å². The second kappa shape index (κ2) is 10.7. The van der Waals surface area contributed by atoms with Gasteiger partial charge >= 0.3 is 0 Å². The maximum atomic E-state index is 12.3. The van der Waals surface area contributed by atoms with Crippen LogP contribution < -0.4 is 24.8 Å². The van der Waals surface area contributed by atoms with Crippen molar-refractivity contribution in [2.24, 2.45) is 0 Å². The molecule has 0 saturated carbocycles. The maximum absolute atomic E-state index is 12.3. The third-order valence-corrected chi connectivity index (χ3v) is 4.44. The first-order chi connectivity index (χ1) is 15.1. The zero-order valence-electron chi connectivity index (χ0n) is 17.4. The zero-order valence-corrected chi connectivity index (χ0v) is 17.4. The minimum atomic E-state index is -0.388. The number of benzene rings is 3. The van der Waals surface area contributed by atoms with Gasteiger partial charge in [-0.05, 0) is 48.0 Å². The van der Waals surface area contributed by atoms with Gasteiger partial charge in [-0.1, -0.05) is 30.3 Å². The van der Waals surface area contributed by atoms with Gasteiger partial charge in [-0.2, -0.15) is 0 Å². The van der Waals surface area contributed by atoms with E-state index in [4.69, 9.17) is 14.2 Å². The number of hydrogen-bond donors (Lipinski definition) is 2. The Bertz CT molecular complexity index is 1020. The number of nitrogens with one attached hydrogen (secondary N) is 2. The molecule has 0 aliphatic heterocycles. The monoisotopic (exact) mass is 420 g/mol. The van der Waals surface area contributed by atoms with Gasteiger partial charge in [-0.25, -0.2) is 0 Å². The number of methoxy groups -OCH3 is 2. The number of amides is 2. The first-order valence-corrected chi connectivity index (χ1v) is 9.66. The third-order valence-electron chi connectivity index (χ3n) is 4.44. The number of carbonyl (C=O) groups is 2. The molecule has 0 unspecified atom stereocenters. The van der Waals surface area contributed by atoms with E-state index in [1.165, 1.54) is 14.2 Å². The molecule has 0 saturated heterocycles. The summed E-state index contributed by atoms with van der Waals surface area (Å²) < 4.78 is 16.1. The Morgan fingerprint density at radius 3 is 2.23 bits per heavy atom. The minimum Gasteiger partial charge on any atom is -0.493 e. The van der Waals surface area contributed by atoms with E-state index in [0.29, 0.717) is 35.1 Å². The molecule has 160 valence electrons. The van der Waals surface area contributed by atoms with E-state index < -0.39 is 0 Å². The number of ether oxygens (including phenoxy) is 3. The number of anilines is 1. The molecular formula is C24H24N2O5. The van der Waals surface area contributed by atoms with Gasteiger partial charge in [0, 0.05) is 11.3 Å². The fourth-order valence-corrected chi connectivity index (χ4v) is 2.82.